The zero-order valence-corrected chi connectivity index (χ0v) is 20.1. The van der Waals surface area contributed by atoms with Gasteiger partial charge in [0.25, 0.3) is 5.91 Å². The van der Waals surface area contributed by atoms with E-state index in [2.05, 4.69) is 20.3 Å². The molecule has 1 aliphatic rings. The molecule has 0 spiro atoms. The SMILES string of the molecule is C[C@H](CCO)Oc1ncc(C(=O)Nc2c(-c3cc(F)ccc3F)ccnc2C2CCC(F)(F)CC2)cn1. The Morgan fingerprint density at radius 2 is 1.84 bits per heavy atom. The van der Waals surface area contributed by atoms with Crippen LogP contribution < -0.4 is 10.1 Å². The van der Waals surface area contributed by atoms with Crippen LogP contribution in [0, 0.1) is 11.6 Å². The second-order valence-electron chi connectivity index (χ2n) is 9.02. The smallest absolute Gasteiger partial charge is 0.316 e. The van der Waals surface area contributed by atoms with E-state index in [0.29, 0.717) is 12.1 Å². The molecule has 1 amide bonds. The molecule has 2 aromatic heterocycles. The molecule has 1 fully saturated rings. The van der Waals surface area contributed by atoms with Gasteiger partial charge in [-0.2, -0.15) is 0 Å². The van der Waals surface area contributed by atoms with Crippen molar-refractivity contribution in [3.05, 3.63) is 65.7 Å². The lowest BCUT2D eigenvalue weighted by molar-refractivity contribution is -0.0384. The maximum atomic E-state index is 14.7. The molecule has 37 heavy (non-hydrogen) atoms. The number of alkyl halides is 2. The third-order valence-electron chi connectivity index (χ3n) is 6.27. The molecule has 1 aromatic carbocycles. The number of rotatable bonds is 8. The first-order chi connectivity index (χ1) is 17.7. The third kappa shape index (κ3) is 6.40. The summed E-state index contributed by atoms with van der Waals surface area (Å²) >= 11 is 0. The van der Waals surface area contributed by atoms with E-state index in [9.17, 15) is 22.4 Å². The normalized spacial score (nSPS) is 16.3. The maximum absolute atomic E-state index is 14.7. The van der Waals surface area contributed by atoms with Crippen LogP contribution in [0.1, 0.15) is 61.0 Å². The number of amides is 1. The number of halogens is 4. The van der Waals surface area contributed by atoms with Crippen LogP contribution in [0.4, 0.5) is 23.2 Å². The second-order valence-corrected chi connectivity index (χ2v) is 9.02. The van der Waals surface area contributed by atoms with E-state index >= 15 is 0 Å². The molecule has 11 heteroatoms. The lowest BCUT2D eigenvalue weighted by Crippen LogP contribution is -2.25. The molecule has 1 atom stereocenters. The average molecular weight is 519 g/mol. The number of hydrogen-bond donors (Lipinski definition) is 2. The third-order valence-corrected chi connectivity index (χ3v) is 6.27. The number of aromatic nitrogens is 3. The molecule has 2 heterocycles. The number of pyridine rings is 1. The summed E-state index contributed by atoms with van der Waals surface area (Å²) in [6, 6.07) is 4.41. The highest BCUT2D eigenvalue weighted by Crippen LogP contribution is 2.44. The summed E-state index contributed by atoms with van der Waals surface area (Å²) in [4.78, 5) is 25.5. The monoisotopic (exact) mass is 518 g/mol. The first-order valence-electron chi connectivity index (χ1n) is 11.9. The van der Waals surface area contributed by atoms with Crippen molar-refractivity contribution in [3.8, 4) is 17.1 Å². The number of nitrogens with zero attached hydrogens (tertiary/aromatic N) is 3. The number of ether oxygens (including phenoxy) is 1. The maximum Gasteiger partial charge on any atom is 0.316 e. The number of carbonyl (C=O) groups is 1. The Kier molecular flexibility index (Phi) is 8.01. The van der Waals surface area contributed by atoms with E-state index in [1.807, 2.05) is 0 Å². The predicted octanol–water partition coefficient (Wildman–Crippen LogP) is 5.51. The lowest BCUT2D eigenvalue weighted by atomic mass is 9.83. The van der Waals surface area contributed by atoms with Crippen molar-refractivity contribution >= 4 is 11.6 Å². The van der Waals surface area contributed by atoms with Gasteiger partial charge in [-0.05, 0) is 44.0 Å². The molecule has 2 N–H and O–H groups in total. The molecule has 0 bridgehead atoms. The average Bonchev–Trinajstić information content (AvgIpc) is 2.86. The quantitative estimate of drug-likeness (QED) is 0.382. The number of hydrogen-bond acceptors (Lipinski definition) is 6. The molecule has 1 saturated carbocycles. The molecule has 0 radical (unpaired) electrons. The van der Waals surface area contributed by atoms with Crippen LogP contribution in [0.25, 0.3) is 11.1 Å². The van der Waals surface area contributed by atoms with Gasteiger partial charge in [-0.3, -0.25) is 9.78 Å². The summed E-state index contributed by atoms with van der Waals surface area (Å²) in [5.74, 6) is -5.23. The minimum Gasteiger partial charge on any atom is -0.460 e. The highest BCUT2D eigenvalue weighted by atomic mass is 19.3. The fraction of sp³-hybridized carbons (Fsp3) is 0.385. The van der Waals surface area contributed by atoms with Crippen LogP contribution in [-0.2, 0) is 0 Å². The molecule has 0 aliphatic heterocycles. The van der Waals surface area contributed by atoms with E-state index in [1.165, 1.54) is 24.7 Å². The molecular weight excluding hydrogens is 492 g/mol. The Labute approximate surface area is 210 Å². The van der Waals surface area contributed by atoms with Crippen LogP contribution in [-0.4, -0.2) is 44.6 Å². The molecule has 4 rings (SSSR count). The number of aliphatic hydroxyl groups is 1. The largest absolute Gasteiger partial charge is 0.460 e. The first-order valence-corrected chi connectivity index (χ1v) is 11.9. The van der Waals surface area contributed by atoms with Crippen molar-refractivity contribution < 1.29 is 32.2 Å². The fourth-order valence-electron chi connectivity index (χ4n) is 4.26. The minimum absolute atomic E-state index is 0.0187. The number of nitrogens with one attached hydrogen (secondary N) is 1. The van der Waals surface area contributed by atoms with Gasteiger partial charge in [0.2, 0.25) is 5.92 Å². The zero-order valence-electron chi connectivity index (χ0n) is 20.1. The first kappa shape index (κ1) is 26.5. The summed E-state index contributed by atoms with van der Waals surface area (Å²) in [5.41, 5.74) is 0.565. The summed E-state index contributed by atoms with van der Waals surface area (Å²) in [6.07, 6.45) is 3.48. The molecule has 0 unspecified atom stereocenters. The summed E-state index contributed by atoms with van der Waals surface area (Å²) in [7, 11) is 0. The van der Waals surface area contributed by atoms with Crippen molar-refractivity contribution in [2.75, 3.05) is 11.9 Å². The molecule has 196 valence electrons. The van der Waals surface area contributed by atoms with Crippen molar-refractivity contribution in [2.45, 2.75) is 57.0 Å². The van der Waals surface area contributed by atoms with E-state index in [4.69, 9.17) is 9.84 Å². The van der Waals surface area contributed by atoms with Gasteiger partial charge in [0, 0.05) is 61.5 Å². The Morgan fingerprint density at radius 3 is 2.51 bits per heavy atom. The van der Waals surface area contributed by atoms with E-state index in [-0.39, 0.29) is 66.8 Å². The van der Waals surface area contributed by atoms with Gasteiger partial charge in [0.15, 0.2) is 0 Å². The Morgan fingerprint density at radius 1 is 1.14 bits per heavy atom. The van der Waals surface area contributed by atoms with Gasteiger partial charge >= 0.3 is 6.01 Å². The van der Waals surface area contributed by atoms with E-state index in [1.54, 1.807) is 6.92 Å². The second kappa shape index (κ2) is 11.2. The van der Waals surface area contributed by atoms with Gasteiger partial charge in [-0.25, -0.2) is 27.5 Å². The van der Waals surface area contributed by atoms with Crippen LogP contribution in [0.5, 0.6) is 6.01 Å². The Bertz CT molecular complexity index is 1250. The van der Waals surface area contributed by atoms with Crippen LogP contribution in [0.15, 0.2) is 42.9 Å². The lowest BCUT2D eigenvalue weighted by Gasteiger charge is -2.29. The Balaban J connectivity index is 1.67. The number of carbonyl (C=O) groups excluding carboxylic acids is 1. The van der Waals surface area contributed by atoms with E-state index < -0.39 is 29.4 Å². The number of aliphatic hydroxyl groups excluding tert-OH is 1. The molecule has 7 nitrogen and oxygen atoms in total. The van der Waals surface area contributed by atoms with Crippen LogP contribution in [0.2, 0.25) is 0 Å². The standard InChI is InChI=1S/C26H26F4N4O3/c1-15(7-11-35)37-25-32-13-17(14-33-25)24(36)34-23-19(20-12-18(27)2-3-21(20)28)6-10-31-22(23)16-4-8-26(29,30)9-5-16/h2-3,6,10,12-16,35H,4-5,7-9,11H2,1H3,(H,34,36)/t15-/m1/s1. The Hall–Kier alpha value is -3.60. The topological polar surface area (TPSA) is 97.2 Å². The van der Waals surface area contributed by atoms with Crippen molar-refractivity contribution in [1.29, 1.82) is 0 Å². The zero-order chi connectivity index (χ0) is 26.6. The number of anilines is 1. The summed E-state index contributed by atoms with van der Waals surface area (Å²) in [6.45, 7) is 1.67. The number of benzene rings is 1. The highest BCUT2D eigenvalue weighted by Gasteiger charge is 2.37. The van der Waals surface area contributed by atoms with Crippen molar-refractivity contribution in [3.63, 3.8) is 0 Å². The van der Waals surface area contributed by atoms with Crippen molar-refractivity contribution in [2.24, 2.45) is 0 Å². The van der Waals surface area contributed by atoms with E-state index in [0.717, 1.165) is 18.2 Å². The van der Waals surface area contributed by atoms with Gasteiger partial charge in [-0.1, -0.05) is 0 Å². The van der Waals surface area contributed by atoms with Crippen molar-refractivity contribution in [1.82, 2.24) is 15.0 Å². The van der Waals surface area contributed by atoms with Crippen LogP contribution in [0.3, 0.4) is 0 Å². The summed E-state index contributed by atoms with van der Waals surface area (Å²) < 4.78 is 61.8. The van der Waals surface area contributed by atoms with Gasteiger partial charge in [-0.15, -0.1) is 0 Å². The van der Waals surface area contributed by atoms with Crippen LogP contribution >= 0.6 is 0 Å². The molecule has 3 aromatic rings. The molecule has 0 saturated heterocycles. The van der Waals surface area contributed by atoms with Gasteiger partial charge in [0.05, 0.1) is 16.9 Å². The van der Waals surface area contributed by atoms with Gasteiger partial charge < -0.3 is 15.2 Å². The van der Waals surface area contributed by atoms with Gasteiger partial charge in [0.1, 0.15) is 17.7 Å². The highest BCUT2D eigenvalue weighted by molar-refractivity contribution is 6.06. The minimum atomic E-state index is -2.78. The molecular formula is C26H26F4N4O3. The molecule has 1 aliphatic carbocycles. The fourth-order valence-corrected chi connectivity index (χ4v) is 4.26. The predicted molar refractivity (Wildman–Crippen MR) is 128 cm³/mol. The summed E-state index contributed by atoms with van der Waals surface area (Å²) in [5, 5.41) is 11.7.